The van der Waals surface area contributed by atoms with Crippen molar-refractivity contribution < 1.29 is 17.9 Å². The number of halogens is 3. The van der Waals surface area contributed by atoms with E-state index < -0.39 is 17.4 Å². The molecule has 4 rings (SSSR count). The summed E-state index contributed by atoms with van der Waals surface area (Å²) >= 11 is 0. The van der Waals surface area contributed by atoms with Crippen LogP contribution in [0.15, 0.2) is 59.4 Å². The van der Waals surface area contributed by atoms with Crippen LogP contribution in [0.3, 0.4) is 0 Å². The fraction of sp³-hybridized carbons (Fsp3) is 0.190. The normalized spacial score (nSPS) is 11.8. The molecule has 0 radical (unpaired) electrons. The van der Waals surface area contributed by atoms with E-state index in [-0.39, 0.29) is 12.4 Å². The number of aryl methyl sites for hydroxylation is 1. The maximum Gasteiger partial charge on any atom is 0.416 e. The highest BCUT2D eigenvalue weighted by Gasteiger charge is 2.30. The van der Waals surface area contributed by atoms with Crippen molar-refractivity contribution in [2.75, 3.05) is 7.11 Å². The van der Waals surface area contributed by atoms with E-state index in [0.717, 1.165) is 17.7 Å². The Labute approximate surface area is 169 Å². The lowest BCUT2D eigenvalue weighted by Gasteiger charge is -2.08. The lowest BCUT2D eigenvalue weighted by atomic mass is 10.1. The summed E-state index contributed by atoms with van der Waals surface area (Å²) in [6, 6.07) is 13.5. The summed E-state index contributed by atoms with van der Waals surface area (Å²) in [5.74, 6) is 0.896. The van der Waals surface area contributed by atoms with Crippen LogP contribution in [0.25, 0.3) is 17.0 Å². The first-order valence-corrected chi connectivity index (χ1v) is 9.04. The number of ether oxygens (including phenoxy) is 1. The zero-order valence-electron chi connectivity index (χ0n) is 16.1. The van der Waals surface area contributed by atoms with Gasteiger partial charge >= 0.3 is 11.9 Å². The summed E-state index contributed by atoms with van der Waals surface area (Å²) in [6.45, 7) is 1.95. The van der Waals surface area contributed by atoms with E-state index in [9.17, 15) is 18.0 Å². The van der Waals surface area contributed by atoms with Gasteiger partial charge in [0.1, 0.15) is 11.6 Å². The second kappa shape index (κ2) is 7.33. The number of fused-ring (bicyclic) bond motifs is 1. The molecule has 30 heavy (non-hydrogen) atoms. The van der Waals surface area contributed by atoms with Gasteiger partial charge in [0.2, 0.25) is 0 Å². The van der Waals surface area contributed by atoms with Gasteiger partial charge in [0.15, 0.2) is 5.65 Å². The zero-order chi connectivity index (χ0) is 21.5. The van der Waals surface area contributed by atoms with Crippen molar-refractivity contribution in [2.24, 2.45) is 0 Å². The lowest BCUT2D eigenvalue weighted by Crippen LogP contribution is -2.23. The van der Waals surface area contributed by atoms with Gasteiger partial charge in [-0.1, -0.05) is 24.3 Å². The summed E-state index contributed by atoms with van der Waals surface area (Å²) in [6.07, 6.45) is -4.44. The van der Waals surface area contributed by atoms with Crippen LogP contribution in [-0.2, 0) is 12.7 Å². The molecule has 4 aromatic rings. The van der Waals surface area contributed by atoms with Gasteiger partial charge in [0.05, 0.1) is 19.2 Å². The molecule has 2 heterocycles. The summed E-state index contributed by atoms with van der Waals surface area (Å²) in [4.78, 5) is 17.4. The van der Waals surface area contributed by atoms with Gasteiger partial charge in [0.25, 0.3) is 0 Å². The number of benzene rings is 2. The van der Waals surface area contributed by atoms with Crippen molar-refractivity contribution in [3.05, 3.63) is 81.9 Å². The predicted molar refractivity (Wildman–Crippen MR) is 105 cm³/mol. The zero-order valence-corrected chi connectivity index (χ0v) is 16.1. The molecule has 0 saturated carbocycles. The molecule has 0 unspecified atom stereocenters. The van der Waals surface area contributed by atoms with Gasteiger partial charge in [-0.15, -0.1) is 5.10 Å². The van der Waals surface area contributed by atoms with E-state index in [4.69, 9.17) is 4.74 Å². The summed E-state index contributed by atoms with van der Waals surface area (Å²) in [5.41, 5.74) is 0.966. The number of hydrogen-bond donors (Lipinski definition) is 0. The molecule has 0 aliphatic carbocycles. The molecular formula is C21H17F3N4O2. The Morgan fingerprint density at radius 3 is 2.47 bits per heavy atom. The van der Waals surface area contributed by atoms with E-state index in [2.05, 4.69) is 10.1 Å². The van der Waals surface area contributed by atoms with Gasteiger partial charge in [0, 0.05) is 17.3 Å². The highest BCUT2D eigenvalue weighted by molar-refractivity contribution is 5.60. The third kappa shape index (κ3) is 3.66. The molecular weight excluding hydrogens is 397 g/mol. The smallest absolute Gasteiger partial charge is 0.416 e. The highest BCUT2D eigenvalue weighted by Crippen LogP contribution is 2.30. The predicted octanol–water partition coefficient (Wildman–Crippen LogP) is 3.94. The average Bonchev–Trinajstić information content (AvgIpc) is 3.02. The van der Waals surface area contributed by atoms with Gasteiger partial charge in [-0.25, -0.2) is 18.9 Å². The molecule has 0 amide bonds. The third-order valence-electron chi connectivity index (χ3n) is 4.63. The number of methoxy groups -OCH3 is 1. The van der Waals surface area contributed by atoms with Crippen LogP contribution >= 0.6 is 0 Å². The van der Waals surface area contributed by atoms with Crippen molar-refractivity contribution in [1.82, 2.24) is 19.2 Å². The van der Waals surface area contributed by atoms with Crippen molar-refractivity contribution in [3.63, 3.8) is 0 Å². The molecule has 154 valence electrons. The molecule has 0 aliphatic heterocycles. The minimum absolute atomic E-state index is 0.212. The number of nitrogens with zero attached hydrogens (tertiary/aromatic N) is 4. The Balaban J connectivity index is 1.81. The van der Waals surface area contributed by atoms with Crippen LogP contribution in [0.4, 0.5) is 13.2 Å². The van der Waals surface area contributed by atoms with Gasteiger partial charge in [-0.05, 0) is 36.8 Å². The Morgan fingerprint density at radius 1 is 1.07 bits per heavy atom. The molecule has 2 aromatic heterocycles. The average molecular weight is 414 g/mol. The van der Waals surface area contributed by atoms with Crippen LogP contribution in [0.2, 0.25) is 0 Å². The monoisotopic (exact) mass is 414 g/mol. The van der Waals surface area contributed by atoms with E-state index in [1.54, 1.807) is 32.2 Å². The Kier molecular flexibility index (Phi) is 4.81. The van der Waals surface area contributed by atoms with Gasteiger partial charge < -0.3 is 4.74 Å². The van der Waals surface area contributed by atoms with Crippen molar-refractivity contribution in [2.45, 2.75) is 19.6 Å². The third-order valence-corrected chi connectivity index (χ3v) is 4.63. The van der Waals surface area contributed by atoms with Crippen LogP contribution in [0.1, 0.15) is 16.8 Å². The fourth-order valence-corrected chi connectivity index (χ4v) is 3.20. The Morgan fingerprint density at radius 2 is 1.80 bits per heavy atom. The molecule has 0 N–H and O–H groups in total. The minimum Gasteiger partial charge on any atom is -0.497 e. The van der Waals surface area contributed by atoms with E-state index in [1.807, 2.05) is 12.1 Å². The minimum atomic E-state index is -4.44. The van der Waals surface area contributed by atoms with E-state index in [1.165, 1.54) is 21.2 Å². The molecule has 0 saturated heterocycles. The van der Waals surface area contributed by atoms with Crippen LogP contribution in [-0.4, -0.2) is 26.3 Å². The number of hydrogen-bond acceptors (Lipinski definition) is 4. The second-order valence-corrected chi connectivity index (χ2v) is 6.78. The Bertz CT molecular complexity index is 1270. The van der Waals surface area contributed by atoms with Crippen LogP contribution in [0, 0.1) is 6.92 Å². The SMILES string of the molecule is COc1cccc(Cn2nc3cc(C)nc(-c4ccc(C(F)(F)F)cc4)n3c2=O)c1. The highest BCUT2D eigenvalue weighted by atomic mass is 19.4. The first kappa shape index (κ1) is 19.7. The largest absolute Gasteiger partial charge is 0.497 e. The van der Waals surface area contributed by atoms with Crippen LogP contribution in [0.5, 0.6) is 5.75 Å². The molecule has 9 heteroatoms. The lowest BCUT2D eigenvalue weighted by molar-refractivity contribution is -0.137. The first-order chi connectivity index (χ1) is 14.3. The molecule has 0 aliphatic rings. The van der Waals surface area contributed by atoms with Crippen molar-refractivity contribution in [3.8, 4) is 17.1 Å². The van der Waals surface area contributed by atoms with E-state index >= 15 is 0 Å². The van der Waals surface area contributed by atoms with Crippen LogP contribution < -0.4 is 10.4 Å². The maximum absolute atomic E-state index is 13.0. The first-order valence-electron chi connectivity index (χ1n) is 9.04. The van der Waals surface area contributed by atoms with E-state index in [0.29, 0.717) is 22.7 Å². The molecule has 0 atom stereocenters. The molecule has 0 spiro atoms. The molecule has 6 nitrogen and oxygen atoms in total. The Hall–Kier alpha value is -3.62. The maximum atomic E-state index is 13.0. The van der Waals surface area contributed by atoms with Gasteiger partial charge in [-0.3, -0.25) is 0 Å². The summed E-state index contributed by atoms with van der Waals surface area (Å²) in [7, 11) is 1.56. The number of rotatable bonds is 4. The molecule has 0 fully saturated rings. The molecule has 0 bridgehead atoms. The van der Waals surface area contributed by atoms with Crippen molar-refractivity contribution >= 4 is 5.65 Å². The quantitative estimate of drug-likeness (QED) is 0.508. The standard InChI is InChI=1S/C21H17F3N4O2/c1-13-10-18-26-27(12-14-4-3-5-17(11-14)30-2)20(29)28(18)19(25-13)15-6-8-16(9-7-15)21(22,23)24/h3-11H,12H2,1-2H3. The summed E-state index contributed by atoms with van der Waals surface area (Å²) in [5, 5.41) is 4.37. The second-order valence-electron chi connectivity index (χ2n) is 6.78. The fourth-order valence-electron chi connectivity index (χ4n) is 3.20. The topological polar surface area (TPSA) is 61.4 Å². The summed E-state index contributed by atoms with van der Waals surface area (Å²) < 4.78 is 46.4. The number of aromatic nitrogens is 4. The number of alkyl halides is 3. The van der Waals surface area contributed by atoms with Crippen molar-refractivity contribution in [1.29, 1.82) is 0 Å². The molecule has 2 aromatic carbocycles. The van der Waals surface area contributed by atoms with Gasteiger partial charge in [-0.2, -0.15) is 13.2 Å².